The SMILES string of the molecule is COc1ccc(-c2cnc(Nc3ccc(C(=O)Nc4ccn(C)n4)cc3)nc2)cc1. The Morgan fingerprint density at radius 1 is 0.933 bits per heavy atom. The summed E-state index contributed by atoms with van der Waals surface area (Å²) in [4.78, 5) is 21.0. The standard InChI is InChI=1S/C22H20N6O2/c1-28-12-11-20(27-28)26-21(29)16-3-7-18(8-4-16)25-22-23-13-17(14-24-22)15-5-9-19(30-2)10-6-15/h3-14H,1-2H3,(H,23,24,25)(H,26,27,29). The second kappa shape index (κ2) is 8.44. The van der Waals surface area contributed by atoms with Crippen LogP contribution in [-0.2, 0) is 7.05 Å². The van der Waals surface area contributed by atoms with E-state index in [4.69, 9.17) is 4.74 Å². The Bertz CT molecular complexity index is 1140. The fraction of sp³-hybridized carbons (Fsp3) is 0.0909. The molecular formula is C22H20N6O2. The zero-order valence-corrected chi connectivity index (χ0v) is 16.5. The number of hydrogen-bond acceptors (Lipinski definition) is 6. The molecule has 1 amide bonds. The monoisotopic (exact) mass is 400 g/mol. The summed E-state index contributed by atoms with van der Waals surface area (Å²) in [5, 5.41) is 10.0. The summed E-state index contributed by atoms with van der Waals surface area (Å²) >= 11 is 0. The van der Waals surface area contributed by atoms with Gasteiger partial charge in [0.2, 0.25) is 5.95 Å². The fourth-order valence-electron chi connectivity index (χ4n) is 2.83. The van der Waals surface area contributed by atoms with Crippen molar-refractivity contribution in [3.8, 4) is 16.9 Å². The van der Waals surface area contributed by atoms with Crippen molar-refractivity contribution >= 4 is 23.4 Å². The maximum atomic E-state index is 12.3. The highest BCUT2D eigenvalue weighted by molar-refractivity contribution is 6.03. The molecule has 0 aliphatic carbocycles. The third kappa shape index (κ3) is 4.44. The number of nitrogens with one attached hydrogen (secondary N) is 2. The van der Waals surface area contributed by atoms with Gasteiger partial charge in [-0.3, -0.25) is 9.48 Å². The van der Waals surface area contributed by atoms with Gasteiger partial charge in [-0.2, -0.15) is 5.10 Å². The van der Waals surface area contributed by atoms with E-state index in [1.54, 1.807) is 67.8 Å². The van der Waals surface area contributed by atoms with Crippen molar-refractivity contribution in [2.75, 3.05) is 17.7 Å². The van der Waals surface area contributed by atoms with Gasteiger partial charge in [0.25, 0.3) is 5.91 Å². The van der Waals surface area contributed by atoms with Crippen LogP contribution < -0.4 is 15.4 Å². The second-order valence-electron chi connectivity index (χ2n) is 6.55. The number of rotatable bonds is 6. The van der Waals surface area contributed by atoms with Crippen LogP contribution in [0.2, 0.25) is 0 Å². The molecule has 0 unspecified atom stereocenters. The molecule has 0 fully saturated rings. The molecule has 0 aliphatic rings. The van der Waals surface area contributed by atoms with Crippen molar-refractivity contribution in [1.29, 1.82) is 0 Å². The number of ether oxygens (including phenoxy) is 1. The molecule has 0 radical (unpaired) electrons. The van der Waals surface area contributed by atoms with E-state index in [2.05, 4.69) is 25.7 Å². The van der Waals surface area contributed by atoms with Crippen LogP contribution >= 0.6 is 0 Å². The number of anilines is 3. The van der Waals surface area contributed by atoms with Crippen LogP contribution in [0.4, 0.5) is 17.5 Å². The molecule has 30 heavy (non-hydrogen) atoms. The van der Waals surface area contributed by atoms with Crippen LogP contribution in [0, 0.1) is 0 Å². The average molecular weight is 400 g/mol. The smallest absolute Gasteiger partial charge is 0.256 e. The Hall–Kier alpha value is -4.20. The number of carbonyl (C=O) groups excluding carboxylic acids is 1. The number of aromatic nitrogens is 4. The molecule has 0 bridgehead atoms. The quantitative estimate of drug-likeness (QED) is 0.510. The van der Waals surface area contributed by atoms with E-state index in [1.807, 2.05) is 24.3 Å². The number of hydrogen-bond donors (Lipinski definition) is 2. The lowest BCUT2D eigenvalue weighted by atomic mass is 10.1. The van der Waals surface area contributed by atoms with Gasteiger partial charge in [-0.25, -0.2) is 9.97 Å². The van der Waals surface area contributed by atoms with Gasteiger partial charge < -0.3 is 15.4 Å². The summed E-state index contributed by atoms with van der Waals surface area (Å²) < 4.78 is 6.80. The van der Waals surface area contributed by atoms with E-state index >= 15 is 0 Å². The second-order valence-corrected chi connectivity index (χ2v) is 6.55. The van der Waals surface area contributed by atoms with Crippen LogP contribution in [-0.4, -0.2) is 32.8 Å². The minimum atomic E-state index is -0.222. The molecular weight excluding hydrogens is 380 g/mol. The maximum absolute atomic E-state index is 12.3. The van der Waals surface area contributed by atoms with Crippen molar-refractivity contribution in [3.63, 3.8) is 0 Å². The van der Waals surface area contributed by atoms with Gasteiger partial charge >= 0.3 is 0 Å². The van der Waals surface area contributed by atoms with Gasteiger partial charge in [0, 0.05) is 48.5 Å². The lowest BCUT2D eigenvalue weighted by molar-refractivity contribution is 0.102. The van der Waals surface area contributed by atoms with E-state index in [1.165, 1.54) is 0 Å². The van der Waals surface area contributed by atoms with Crippen LogP contribution in [0.1, 0.15) is 10.4 Å². The lowest BCUT2D eigenvalue weighted by Crippen LogP contribution is -2.12. The average Bonchev–Trinajstić information content (AvgIpc) is 3.19. The normalized spacial score (nSPS) is 10.5. The van der Waals surface area contributed by atoms with Crippen molar-refractivity contribution < 1.29 is 9.53 Å². The number of benzene rings is 2. The topological polar surface area (TPSA) is 94.0 Å². The summed E-state index contributed by atoms with van der Waals surface area (Å²) in [7, 11) is 3.43. The molecule has 2 N–H and O–H groups in total. The number of amides is 1. The van der Waals surface area contributed by atoms with Gasteiger partial charge in [0.15, 0.2) is 5.82 Å². The Labute approximate surface area is 173 Å². The third-order valence-electron chi connectivity index (χ3n) is 4.43. The van der Waals surface area contributed by atoms with Crippen LogP contribution in [0.15, 0.2) is 73.2 Å². The highest BCUT2D eigenvalue weighted by Crippen LogP contribution is 2.22. The number of aryl methyl sites for hydroxylation is 1. The molecule has 4 rings (SSSR count). The minimum Gasteiger partial charge on any atom is -0.497 e. The minimum absolute atomic E-state index is 0.222. The first-order valence-electron chi connectivity index (χ1n) is 9.25. The highest BCUT2D eigenvalue weighted by Gasteiger charge is 2.08. The largest absolute Gasteiger partial charge is 0.497 e. The van der Waals surface area contributed by atoms with E-state index in [9.17, 15) is 4.79 Å². The van der Waals surface area contributed by atoms with Crippen molar-refractivity contribution in [3.05, 3.63) is 78.8 Å². The van der Waals surface area contributed by atoms with E-state index in [0.717, 1.165) is 22.6 Å². The Balaban J connectivity index is 1.39. The molecule has 8 heteroatoms. The predicted molar refractivity (Wildman–Crippen MR) is 115 cm³/mol. The molecule has 2 aromatic heterocycles. The summed E-state index contributed by atoms with van der Waals surface area (Å²) in [5.74, 6) is 1.56. The summed E-state index contributed by atoms with van der Waals surface area (Å²) in [6.07, 6.45) is 5.28. The zero-order valence-electron chi connectivity index (χ0n) is 16.5. The molecule has 0 aliphatic heterocycles. The fourth-order valence-corrected chi connectivity index (χ4v) is 2.83. The zero-order chi connectivity index (χ0) is 20.9. The lowest BCUT2D eigenvalue weighted by Gasteiger charge is -2.07. The maximum Gasteiger partial charge on any atom is 0.256 e. The number of methoxy groups -OCH3 is 1. The first kappa shape index (κ1) is 19.1. The molecule has 4 aromatic rings. The van der Waals surface area contributed by atoms with Crippen LogP contribution in [0.5, 0.6) is 5.75 Å². The number of nitrogens with zero attached hydrogens (tertiary/aromatic N) is 4. The van der Waals surface area contributed by atoms with E-state index in [0.29, 0.717) is 17.3 Å². The molecule has 0 saturated heterocycles. The summed E-state index contributed by atoms with van der Waals surface area (Å²) in [5.41, 5.74) is 3.22. The van der Waals surface area contributed by atoms with Gasteiger partial charge in [0.05, 0.1) is 7.11 Å². The van der Waals surface area contributed by atoms with Gasteiger partial charge in [-0.15, -0.1) is 0 Å². The molecule has 2 aromatic carbocycles. The summed E-state index contributed by atoms with van der Waals surface area (Å²) in [6.45, 7) is 0. The Morgan fingerprint density at radius 3 is 2.23 bits per heavy atom. The van der Waals surface area contributed by atoms with Crippen molar-refractivity contribution in [2.24, 2.45) is 7.05 Å². The first-order valence-corrected chi connectivity index (χ1v) is 9.25. The van der Waals surface area contributed by atoms with Gasteiger partial charge in [0.1, 0.15) is 5.75 Å². The molecule has 0 saturated carbocycles. The third-order valence-corrected chi connectivity index (χ3v) is 4.43. The van der Waals surface area contributed by atoms with Crippen molar-refractivity contribution in [1.82, 2.24) is 19.7 Å². The molecule has 8 nitrogen and oxygen atoms in total. The molecule has 2 heterocycles. The van der Waals surface area contributed by atoms with Crippen LogP contribution in [0.3, 0.4) is 0 Å². The first-order chi connectivity index (χ1) is 14.6. The van der Waals surface area contributed by atoms with Crippen molar-refractivity contribution in [2.45, 2.75) is 0 Å². The highest BCUT2D eigenvalue weighted by atomic mass is 16.5. The predicted octanol–water partition coefficient (Wildman–Crippen LogP) is 3.88. The van der Waals surface area contributed by atoms with E-state index in [-0.39, 0.29) is 5.91 Å². The van der Waals surface area contributed by atoms with Gasteiger partial charge in [-0.05, 0) is 42.0 Å². The van der Waals surface area contributed by atoms with Gasteiger partial charge in [-0.1, -0.05) is 12.1 Å². The molecule has 0 atom stereocenters. The van der Waals surface area contributed by atoms with Crippen LogP contribution in [0.25, 0.3) is 11.1 Å². The number of carbonyl (C=O) groups is 1. The molecule has 0 spiro atoms. The Kier molecular flexibility index (Phi) is 5.38. The van der Waals surface area contributed by atoms with E-state index < -0.39 is 0 Å². The Morgan fingerprint density at radius 2 is 1.63 bits per heavy atom. The molecule has 150 valence electrons. The summed E-state index contributed by atoms with van der Waals surface area (Å²) in [6, 6.07) is 16.5.